The Morgan fingerprint density at radius 1 is 1.24 bits per heavy atom. The number of anilines is 1. The number of hydrogen-bond acceptors (Lipinski definition) is 5. The summed E-state index contributed by atoms with van der Waals surface area (Å²) in [4.78, 5) is 25.8. The maximum absolute atomic E-state index is 12.5. The van der Waals surface area contributed by atoms with Crippen molar-refractivity contribution in [2.24, 2.45) is 7.05 Å². The van der Waals surface area contributed by atoms with E-state index in [1.165, 1.54) is 4.90 Å². The fourth-order valence-corrected chi connectivity index (χ4v) is 5.08. The topological polar surface area (TPSA) is 94.8 Å². The first kappa shape index (κ1) is 26.4. The van der Waals surface area contributed by atoms with Crippen LogP contribution in [-0.2, 0) is 32.5 Å². The van der Waals surface area contributed by atoms with Gasteiger partial charge in [0.25, 0.3) is 0 Å². The number of hydrogen-bond donors (Lipinski definition) is 1. The third-order valence-electron chi connectivity index (χ3n) is 5.41. The van der Waals surface area contributed by atoms with Gasteiger partial charge < -0.3 is 19.0 Å². The van der Waals surface area contributed by atoms with Crippen LogP contribution in [0.1, 0.15) is 31.0 Å². The van der Waals surface area contributed by atoms with Crippen molar-refractivity contribution >= 4 is 63.5 Å². The van der Waals surface area contributed by atoms with Gasteiger partial charge in [-0.2, -0.15) is 0 Å². The van der Waals surface area contributed by atoms with Crippen molar-refractivity contribution in [3.05, 3.63) is 57.6 Å². The molecule has 0 spiro atoms. The van der Waals surface area contributed by atoms with Gasteiger partial charge in [-0.25, -0.2) is 4.79 Å². The van der Waals surface area contributed by atoms with Gasteiger partial charge in [0.2, 0.25) is 12.2 Å². The Kier molecular flexibility index (Phi) is 8.54. The first-order valence-corrected chi connectivity index (χ1v) is 12.6. The van der Waals surface area contributed by atoms with Gasteiger partial charge in [0.05, 0.1) is 34.3 Å². The van der Waals surface area contributed by atoms with Crippen LogP contribution in [0.2, 0.25) is 10.0 Å². The zero-order valence-electron chi connectivity index (χ0n) is 19.2. The number of nitrogens with zero attached hydrogens (tertiary/aromatic N) is 2. The highest BCUT2D eigenvalue weighted by Crippen LogP contribution is 2.38. The van der Waals surface area contributed by atoms with Crippen molar-refractivity contribution in [2.45, 2.75) is 37.8 Å². The van der Waals surface area contributed by atoms with E-state index in [1.807, 2.05) is 17.6 Å². The van der Waals surface area contributed by atoms with E-state index in [-0.39, 0.29) is 18.5 Å². The molecule has 0 aliphatic carbocycles. The van der Waals surface area contributed by atoms with Crippen LogP contribution < -0.4 is 4.90 Å². The molecular formula is C24H26Cl2N2O5S. The lowest BCUT2D eigenvalue weighted by atomic mass is 10.1. The predicted octanol–water partition coefficient (Wildman–Crippen LogP) is 4.55. The quantitative estimate of drug-likeness (QED) is 0.251. The molecule has 0 aliphatic heterocycles. The number of aryl methyl sites for hydroxylation is 2. The molecule has 1 amide bonds. The molecule has 0 saturated carbocycles. The molecule has 1 heterocycles. The number of benzene rings is 2. The zero-order chi connectivity index (χ0) is 25.2. The highest BCUT2D eigenvalue weighted by atomic mass is 35.5. The van der Waals surface area contributed by atoms with E-state index in [0.29, 0.717) is 38.1 Å². The summed E-state index contributed by atoms with van der Waals surface area (Å²) in [5.74, 6) is -0.264. The molecule has 3 aromatic rings. The van der Waals surface area contributed by atoms with E-state index < -0.39 is 23.2 Å². The van der Waals surface area contributed by atoms with Crippen LogP contribution in [0.3, 0.4) is 0 Å². The summed E-state index contributed by atoms with van der Waals surface area (Å²) in [6.45, 7) is 4.95. The molecule has 1 N–H and O–H groups in total. The third-order valence-corrected chi connectivity index (χ3v) is 7.69. The molecule has 34 heavy (non-hydrogen) atoms. The lowest BCUT2D eigenvalue weighted by molar-refractivity contribution is -0.144. The summed E-state index contributed by atoms with van der Waals surface area (Å²) in [5, 5.41) is 11.7. The fourth-order valence-electron chi connectivity index (χ4n) is 3.73. The van der Waals surface area contributed by atoms with Gasteiger partial charge in [-0.3, -0.25) is 9.69 Å². The standard InChI is InChI=1S/C24H26Cl2N2O5S/c1-14(2)33-22(31)12-34(32)17-7-5-16(6-8-17)20(11-29)28(13-30)21-10-18-19(27(21)4)9-15(3)23(25)24(18)26/h5-10,13-14,20,29H,11-12H2,1-4H3/t20-,34?/m1/s1. The summed E-state index contributed by atoms with van der Waals surface area (Å²) in [7, 11) is 1.80. The van der Waals surface area contributed by atoms with Gasteiger partial charge >= 0.3 is 5.97 Å². The second-order valence-electron chi connectivity index (χ2n) is 8.12. The molecular weight excluding hydrogens is 499 g/mol. The Morgan fingerprint density at radius 3 is 2.44 bits per heavy atom. The largest absolute Gasteiger partial charge is 0.611 e. The molecule has 0 aliphatic rings. The van der Waals surface area contributed by atoms with Crippen molar-refractivity contribution in [1.82, 2.24) is 4.57 Å². The van der Waals surface area contributed by atoms with Crippen molar-refractivity contribution in [2.75, 3.05) is 17.3 Å². The van der Waals surface area contributed by atoms with E-state index in [4.69, 9.17) is 27.9 Å². The predicted molar refractivity (Wildman–Crippen MR) is 135 cm³/mol. The molecule has 10 heteroatoms. The molecule has 0 saturated heterocycles. The van der Waals surface area contributed by atoms with Crippen molar-refractivity contribution in [3.8, 4) is 0 Å². The average Bonchev–Trinajstić information content (AvgIpc) is 3.11. The molecule has 0 fully saturated rings. The van der Waals surface area contributed by atoms with E-state index in [1.54, 1.807) is 51.2 Å². The Labute approximate surface area is 211 Å². The van der Waals surface area contributed by atoms with E-state index in [2.05, 4.69) is 0 Å². The van der Waals surface area contributed by atoms with Gasteiger partial charge in [0.1, 0.15) is 5.82 Å². The summed E-state index contributed by atoms with van der Waals surface area (Å²) in [6.07, 6.45) is 0.362. The number of esters is 1. The van der Waals surface area contributed by atoms with Crippen molar-refractivity contribution in [1.29, 1.82) is 0 Å². The maximum Gasteiger partial charge on any atom is 0.357 e. The first-order valence-electron chi connectivity index (χ1n) is 10.5. The minimum absolute atomic E-state index is 0.250. The lowest BCUT2D eigenvalue weighted by Crippen LogP contribution is -2.31. The van der Waals surface area contributed by atoms with Crippen LogP contribution in [-0.4, -0.2) is 45.1 Å². The minimum atomic E-state index is -1.57. The van der Waals surface area contributed by atoms with E-state index in [9.17, 15) is 19.2 Å². The monoisotopic (exact) mass is 524 g/mol. The Bertz CT molecular complexity index is 1200. The molecule has 1 aromatic heterocycles. The molecule has 0 radical (unpaired) electrons. The number of carbonyl (C=O) groups excluding carboxylic acids is 2. The highest BCUT2D eigenvalue weighted by molar-refractivity contribution is 7.92. The van der Waals surface area contributed by atoms with Gasteiger partial charge in [-0.15, -0.1) is 0 Å². The number of ether oxygens (including phenoxy) is 1. The molecule has 2 aromatic carbocycles. The van der Waals surface area contributed by atoms with Crippen LogP contribution in [0.4, 0.5) is 5.82 Å². The number of amides is 1. The zero-order valence-corrected chi connectivity index (χ0v) is 21.6. The van der Waals surface area contributed by atoms with E-state index in [0.717, 1.165) is 11.1 Å². The molecule has 3 rings (SSSR count). The summed E-state index contributed by atoms with van der Waals surface area (Å²) in [6, 6.07) is 9.51. The number of rotatable bonds is 9. The minimum Gasteiger partial charge on any atom is -0.611 e. The molecule has 1 unspecified atom stereocenters. The molecule has 182 valence electrons. The highest BCUT2D eigenvalue weighted by Gasteiger charge is 2.25. The SMILES string of the molecule is Cc1cc2c(cc(N(C=O)[C@H](CO)c3ccc([S+]([O-])CC(=O)OC(C)C)cc3)n2C)c(Cl)c1Cl. The van der Waals surface area contributed by atoms with Gasteiger partial charge in [0.15, 0.2) is 4.90 Å². The lowest BCUT2D eigenvalue weighted by Gasteiger charge is -2.27. The maximum atomic E-state index is 12.5. The van der Waals surface area contributed by atoms with Crippen LogP contribution in [0.15, 0.2) is 41.3 Å². The van der Waals surface area contributed by atoms with Gasteiger partial charge in [-0.1, -0.05) is 35.3 Å². The second-order valence-corrected chi connectivity index (χ2v) is 10.3. The second kappa shape index (κ2) is 11.0. The average molecular weight is 525 g/mol. The van der Waals surface area contributed by atoms with Crippen LogP contribution in [0, 0.1) is 6.92 Å². The fraction of sp³-hybridized carbons (Fsp3) is 0.333. The van der Waals surface area contributed by atoms with Gasteiger partial charge in [-0.05, 0) is 67.3 Å². The summed E-state index contributed by atoms with van der Waals surface area (Å²) < 4.78 is 19.4. The normalized spacial score (nSPS) is 13.2. The van der Waals surface area contributed by atoms with Crippen LogP contribution in [0.5, 0.6) is 0 Å². The summed E-state index contributed by atoms with van der Waals surface area (Å²) in [5.41, 5.74) is 2.24. The number of carbonyl (C=O) groups is 2. The number of aliphatic hydroxyl groups excluding tert-OH is 1. The Hall–Kier alpha value is -2.23. The summed E-state index contributed by atoms with van der Waals surface area (Å²) >= 11 is 11.2. The van der Waals surface area contributed by atoms with Gasteiger partial charge in [0, 0.05) is 12.4 Å². The van der Waals surface area contributed by atoms with Crippen LogP contribution in [0.25, 0.3) is 10.9 Å². The Morgan fingerprint density at radius 2 is 1.88 bits per heavy atom. The number of fused-ring (bicyclic) bond motifs is 1. The Balaban J connectivity index is 1.90. The van der Waals surface area contributed by atoms with Crippen LogP contribution >= 0.6 is 23.2 Å². The molecule has 2 atom stereocenters. The smallest absolute Gasteiger partial charge is 0.357 e. The van der Waals surface area contributed by atoms with Crippen molar-refractivity contribution in [3.63, 3.8) is 0 Å². The molecule has 7 nitrogen and oxygen atoms in total. The number of halogens is 2. The first-order chi connectivity index (χ1) is 16.1. The third kappa shape index (κ3) is 5.37. The number of aliphatic hydroxyl groups is 1. The molecule has 0 bridgehead atoms. The van der Waals surface area contributed by atoms with Crippen molar-refractivity contribution < 1.29 is 24.0 Å². The van der Waals surface area contributed by atoms with E-state index >= 15 is 0 Å². The number of aromatic nitrogens is 1.